The molecule has 0 amide bonds. The maximum atomic E-state index is 7.18. The van der Waals surface area contributed by atoms with Crippen LogP contribution in [0.25, 0.3) is 0 Å². The molecule has 2 heterocycles. The number of allylic oxidation sites excluding steroid dienone is 8. The van der Waals surface area contributed by atoms with Gasteiger partial charge in [0, 0.05) is 60.3 Å². The van der Waals surface area contributed by atoms with E-state index in [9.17, 15) is 0 Å². The molecule has 0 atom stereocenters. The SMILES string of the molecule is COCCN1C(=CC=C2CCCC(C=CC3=[N+](CCOC)c4ccc(OC)cc4C3(C)C)=C2Cl)C(C)(C)c2cc(OC)ccc21. The van der Waals surface area contributed by atoms with Crippen LogP contribution in [-0.2, 0) is 20.3 Å². The van der Waals surface area contributed by atoms with Gasteiger partial charge < -0.3 is 23.8 Å². The largest absolute Gasteiger partial charge is 0.497 e. The second-order valence-electron chi connectivity index (χ2n) is 13.0. The van der Waals surface area contributed by atoms with Crippen LogP contribution in [-0.4, -0.2) is 65.0 Å². The molecule has 0 N–H and O–H groups in total. The van der Waals surface area contributed by atoms with Crippen LogP contribution in [0, 0.1) is 0 Å². The van der Waals surface area contributed by atoms with Crippen molar-refractivity contribution in [3.8, 4) is 11.5 Å². The van der Waals surface area contributed by atoms with Gasteiger partial charge in [-0.3, -0.25) is 0 Å². The summed E-state index contributed by atoms with van der Waals surface area (Å²) in [5.74, 6) is 1.74. The Morgan fingerprint density at radius 2 is 1.51 bits per heavy atom. The molecule has 2 aromatic carbocycles. The van der Waals surface area contributed by atoms with Gasteiger partial charge in [-0.2, -0.15) is 4.58 Å². The lowest BCUT2D eigenvalue weighted by molar-refractivity contribution is -0.441. The molecule has 0 aromatic heterocycles. The summed E-state index contributed by atoms with van der Waals surface area (Å²) in [4.78, 5) is 2.37. The number of hydrogen-bond donors (Lipinski definition) is 0. The van der Waals surface area contributed by atoms with E-state index in [0.717, 1.165) is 48.9 Å². The van der Waals surface area contributed by atoms with E-state index in [1.54, 1.807) is 28.4 Å². The first-order chi connectivity index (χ1) is 21.6. The van der Waals surface area contributed by atoms with Gasteiger partial charge in [0.2, 0.25) is 5.69 Å². The van der Waals surface area contributed by atoms with Crippen molar-refractivity contribution in [3.05, 3.63) is 93.7 Å². The minimum atomic E-state index is -0.198. The van der Waals surface area contributed by atoms with Crippen molar-refractivity contribution in [3.63, 3.8) is 0 Å². The molecule has 5 rings (SSSR count). The Hall–Kier alpha value is -3.32. The first-order valence-corrected chi connectivity index (χ1v) is 16.2. The summed E-state index contributed by atoms with van der Waals surface area (Å²) in [7, 11) is 6.94. The maximum absolute atomic E-state index is 7.18. The summed E-state index contributed by atoms with van der Waals surface area (Å²) in [6.07, 6.45) is 11.9. The van der Waals surface area contributed by atoms with Crippen molar-refractivity contribution in [2.75, 3.05) is 59.6 Å². The quantitative estimate of drug-likeness (QED) is 0.234. The van der Waals surface area contributed by atoms with Crippen LogP contribution in [0.2, 0.25) is 0 Å². The molecule has 0 saturated carbocycles. The molecule has 0 saturated heterocycles. The average Bonchev–Trinajstić information content (AvgIpc) is 3.38. The molecule has 240 valence electrons. The zero-order valence-corrected chi connectivity index (χ0v) is 28.9. The molecule has 0 radical (unpaired) electrons. The van der Waals surface area contributed by atoms with Crippen LogP contribution in [0.1, 0.15) is 58.1 Å². The first kappa shape index (κ1) is 33.1. The van der Waals surface area contributed by atoms with Crippen molar-refractivity contribution < 1.29 is 23.5 Å². The number of halogens is 1. The molecule has 7 heteroatoms. The van der Waals surface area contributed by atoms with Crippen molar-refractivity contribution in [2.24, 2.45) is 0 Å². The highest BCUT2D eigenvalue weighted by Gasteiger charge is 2.44. The van der Waals surface area contributed by atoms with Crippen molar-refractivity contribution in [1.29, 1.82) is 0 Å². The number of benzene rings is 2. The molecule has 0 fully saturated rings. The average molecular weight is 632 g/mol. The molecule has 45 heavy (non-hydrogen) atoms. The van der Waals surface area contributed by atoms with Gasteiger partial charge in [0.05, 0.1) is 26.2 Å². The number of ether oxygens (including phenoxy) is 4. The van der Waals surface area contributed by atoms with Crippen molar-refractivity contribution in [2.45, 2.75) is 57.8 Å². The number of nitrogens with zero attached hydrogens (tertiary/aromatic N) is 2. The minimum absolute atomic E-state index is 0.198. The summed E-state index contributed by atoms with van der Waals surface area (Å²) < 4.78 is 24.5. The van der Waals surface area contributed by atoms with E-state index in [1.807, 2.05) is 12.1 Å². The van der Waals surface area contributed by atoms with Gasteiger partial charge in [-0.1, -0.05) is 37.6 Å². The molecule has 2 aromatic rings. The van der Waals surface area contributed by atoms with Crippen LogP contribution in [0.5, 0.6) is 11.5 Å². The number of rotatable bonds is 11. The Morgan fingerprint density at radius 1 is 0.822 bits per heavy atom. The molecule has 1 aliphatic carbocycles. The normalized spacial score (nSPS) is 20.5. The fourth-order valence-electron chi connectivity index (χ4n) is 6.98. The lowest BCUT2D eigenvalue weighted by atomic mass is 9.81. The lowest BCUT2D eigenvalue weighted by Crippen LogP contribution is -2.29. The predicted octanol–water partition coefficient (Wildman–Crippen LogP) is 8.21. The summed E-state index contributed by atoms with van der Waals surface area (Å²) in [5.41, 5.74) is 9.31. The summed E-state index contributed by atoms with van der Waals surface area (Å²) in [6, 6.07) is 12.7. The molecule has 0 unspecified atom stereocenters. The first-order valence-electron chi connectivity index (χ1n) is 15.8. The highest BCUT2D eigenvalue weighted by molar-refractivity contribution is 6.32. The Bertz CT molecular complexity index is 1590. The van der Waals surface area contributed by atoms with Gasteiger partial charge in [-0.25, -0.2) is 0 Å². The Morgan fingerprint density at radius 3 is 2.20 bits per heavy atom. The standard InChI is InChI=1S/C38H48ClN2O4/c1-37(2)30-24-28(44-7)14-16-32(30)40(20-22-42-5)34(37)18-12-26-10-9-11-27(36(26)39)13-19-35-38(3,4)31-25-29(45-8)15-17-33(31)41(35)21-23-43-6/h12-19,24-25H,9-11,20-23H2,1-8H3/q+1. The Kier molecular flexibility index (Phi) is 9.97. The predicted molar refractivity (Wildman–Crippen MR) is 185 cm³/mol. The van der Waals surface area contributed by atoms with Gasteiger partial charge in [-0.05, 0) is 86.2 Å². The van der Waals surface area contributed by atoms with E-state index in [0.29, 0.717) is 13.2 Å². The van der Waals surface area contributed by atoms with Gasteiger partial charge in [-0.15, -0.1) is 0 Å². The summed E-state index contributed by atoms with van der Waals surface area (Å²) in [6.45, 7) is 11.9. The van der Waals surface area contributed by atoms with Gasteiger partial charge >= 0.3 is 0 Å². The van der Waals surface area contributed by atoms with E-state index in [4.69, 9.17) is 30.5 Å². The number of anilines is 1. The van der Waals surface area contributed by atoms with E-state index >= 15 is 0 Å². The second-order valence-corrected chi connectivity index (χ2v) is 13.3. The third-order valence-electron chi connectivity index (χ3n) is 9.58. The molecule has 0 spiro atoms. The number of fused-ring (bicyclic) bond motifs is 2. The summed E-state index contributed by atoms with van der Waals surface area (Å²) >= 11 is 7.18. The highest BCUT2D eigenvalue weighted by atomic mass is 35.5. The third kappa shape index (κ3) is 6.25. The van der Waals surface area contributed by atoms with E-state index in [1.165, 1.54) is 45.1 Å². The second kappa shape index (κ2) is 13.6. The Labute approximate surface area is 274 Å². The summed E-state index contributed by atoms with van der Waals surface area (Å²) in [5, 5.41) is 0.854. The molecular formula is C38H48ClN2O4+. The molecule has 6 nitrogen and oxygen atoms in total. The van der Waals surface area contributed by atoms with Crippen LogP contribution in [0.3, 0.4) is 0 Å². The minimum Gasteiger partial charge on any atom is -0.497 e. The zero-order chi connectivity index (χ0) is 32.4. The van der Waals surface area contributed by atoms with E-state index in [2.05, 4.69) is 85.7 Å². The third-order valence-corrected chi connectivity index (χ3v) is 10.1. The van der Waals surface area contributed by atoms with Crippen LogP contribution < -0.4 is 14.4 Å². The van der Waals surface area contributed by atoms with Gasteiger partial charge in [0.25, 0.3) is 0 Å². The molecule has 0 bridgehead atoms. The molecular weight excluding hydrogens is 584 g/mol. The fraction of sp³-hybridized carbons (Fsp3) is 0.447. The van der Waals surface area contributed by atoms with Crippen LogP contribution in [0.15, 0.2) is 82.6 Å². The smallest absolute Gasteiger partial charge is 0.210 e. The van der Waals surface area contributed by atoms with Gasteiger partial charge in [0.15, 0.2) is 12.3 Å². The van der Waals surface area contributed by atoms with Crippen LogP contribution >= 0.6 is 11.6 Å². The highest BCUT2D eigenvalue weighted by Crippen LogP contribution is 2.49. The van der Waals surface area contributed by atoms with Gasteiger partial charge in [0.1, 0.15) is 18.1 Å². The topological polar surface area (TPSA) is 43.2 Å². The van der Waals surface area contributed by atoms with Crippen molar-refractivity contribution in [1.82, 2.24) is 0 Å². The molecule has 3 aliphatic rings. The fourth-order valence-corrected chi connectivity index (χ4v) is 7.29. The van der Waals surface area contributed by atoms with E-state index < -0.39 is 0 Å². The Balaban J connectivity index is 1.50. The van der Waals surface area contributed by atoms with Crippen LogP contribution in [0.4, 0.5) is 11.4 Å². The monoisotopic (exact) mass is 631 g/mol. The van der Waals surface area contributed by atoms with E-state index in [-0.39, 0.29) is 10.8 Å². The lowest BCUT2D eigenvalue weighted by Gasteiger charge is -2.27. The number of hydrogen-bond acceptors (Lipinski definition) is 5. The zero-order valence-electron chi connectivity index (χ0n) is 28.1. The van der Waals surface area contributed by atoms with Crippen molar-refractivity contribution >= 4 is 28.7 Å². The number of methoxy groups -OCH3 is 4. The maximum Gasteiger partial charge on any atom is 0.210 e. The molecule has 2 aliphatic heterocycles.